The van der Waals surface area contributed by atoms with Gasteiger partial charge in [0.05, 0.1) is 12.8 Å². The number of ether oxygens (including phenoxy) is 3. The van der Waals surface area contributed by atoms with Crippen LogP contribution in [0.2, 0.25) is 0 Å². The maximum absolute atomic E-state index is 6.41. The summed E-state index contributed by atoms with van der Waals surface area (Å²) in [5.41, 5.74) is 14.0. The molecule has 0 fully saturated rings. The van der Waals surface area contributed by atoms with E-state index < -0.39 is 0 Å². The first-order valence-corrected chi connectivity index (χ1v) is 15.4. The number of hydrogen-bond acceptors (Lipinski definition) is 9. The third-order valence-corrected chi connectivity index (χ3v) is 10.1. The van der Waals surface area contributed by atoms with Crippen LogP contribution in [-0.2, 0) is 17.3 Å². The first-order chi connectivity index (χ1) is 19.1. The van der Waals surface area contributed by atoms with Gasteiger partial charge in [0.1, 0.15) is 28.9 Å². The van der Waals surface area contributed by atoms with E-state index in [0.717, 1.165) is 27.7 Å². The molecule has 2 aliphatic rings. The summed E-state index contributed by atoms with van der Waals surface area (Å²) in [7, 11) is 1.62. The molecule has 9 heteroatoms. The number of thiazole rings is 2. The molecular weight excluding hydrogens is 541 g/mol. The van der Waals surface area contributed by atoms with Gasteiger partial charge in [0.2, 0.25) is 5.75 Å². The van der Waals surface area contributed by atoms with E-state index >= 15 is 0 Å². The molecule has 0 atom stereocenters. The summed E-state index contributed by atoms with van der Waals surface area (Å²) in [5.74, 6) is 2.33. The minimum absolute atomic E-state index is 0.143. The molecule has 40 heavy (non-hydrogen) atoms. The molecule has 0 saturated carbocycles. The van der Waals surface area contributed by atoms with Crippen LogP contribution in [0, 0.1) is 0 Å². The normalized spacial score (nSPS) is 16.9. The van der Waals surface area contributed by atoms with E-state index in [-0.39, 0.29) is 10.8 Å². The van der Waals surface area contributed by atoms with Crippen molar-refractivity contribution >= 4 is 39.3 Å². The Kier molecular flexibility index (Phi) is 6.70. The molecule has 7 nitrogen and oxygen atoms in total. The number of aryl methyl sites for hydroxylation is 1. The van der Waals surface area contributed by atoms with Crippen LogP contribution in [0.3, 0.4) is 0 Å². The van der Waals surface area contributed by atoms with Crippen LogP contribution in [0.1, 0.15) is 64.2 Å². The Morgan fingerprint density at radius 2 is 1.73 bits per heavy atom. The van der Waals surface area contributed by atoms with Crippen LogP contribution in [0.25, 0.3) is 21.1 Å². The van der Waals surface area contributed by atoms with Crippen molar-refractivity contribution in [1.82, 2.24) is 9.97 Å². The minimum atomic E-state index is 0.143. The monoisotopic (exact) mass is 576 g/mol. The summed E-state index contributed by atoms with van der Waals surface area (Å²) in [4.78, 5) is 10.5. The van der Waals surface area contributed by atoms with Crippen LogP contribution in [-0.4, -0.2) is 30.3 Å². The van der Waals surface area contributed by atoms with Crippen molar-refractivity contribution in [2.75, 3.05) is 31.4 Å². The number of nitrogen functional groups attached to an aromatic ring is 1. The summed E-state index contributed by atoms with van der Waals surface area (Å²) in [6, 6.07) is 8.61. The minimum Gasteiger partial charge on any atom is -0.493 e. The van der Waals surface area contributed by atoms with Crippen molar-refractivity contribution < 1.29 is 14.2 Å². The second-order valence-electron chi connectivity index (χ2n) is 11.8. The van der Waals surface area contributed by atoms with Crippen molar-refractivity contribution in [2.24, 2.45) is 0 Å². The number of fused-ring (bicyclic) bond motifs is 2. The number of hydrogen-bond donors (Lipinski definition) is 2. The Bertz CT molecular complexity index is 1570. The Morgan fingerprint density at radius 1 is 1.00 bits per heavy atom. The van der Waals surface area contributed by atoms with Gasteiger partial charge in [-0.25, -0.2) is 9.97 Å². The fourth-order valence-corrected chi connectivity index (χ4v) is 7.52. The summed E-state index contributed by atoms with van der Waals surface area (Å²) < 4.78 is 17.0. The van der Waals surface area contributed by atoms with Gasteiger partial charge in [0.25, 0.3) is 0 Å². The molecular formula is C31H36N4O3S2. The van der Waals surface area contributed by atoms with Gasteiger partial charge in [0.15, 0.2) is 16.6 Å². The van der Waals surface area contributed by atoms with E-state index in [4.69, 9.17) is 24.9 Å². The van der Waals surface area contributed by atoms with Gasteiger partial charge >= 0.3 is 0 Å². The van der Waals surface area contributed by atoms with Crippen LogP contribution in [0.4, 0.5) is 16.6 Å². The zero-order valence-corrected chi connectivity index (χ0v) is 25.6. The fraction of sp³-hybridized carbons (Fsp3) is 0.419. The lowest BCUT2D eigenvalue weighted by Crippen LogP contribution is -2.34. The summed E-state index contributed by atoms with van der Waals surface area (Å²) in [5, 5.41) is 7.05. The molecule has 0 bridgehead atoms. The standard InChI is InChI=1S/C31H36N4O3S2/c1-7-17-12-20-21(31(4,5)9-8-30(20,2)3)15-19(17)22-16-39-28(34-22)26-27(32)35-29(40-26)33-18-13-23(36-6)25-24(14-18)37-10-11-38-25/h12-16H,7-11,32H2,1-6H3,(H,33,35). The number of aromatic nitrogens is 2. The van der Waals surface area contributed by atoms with Crippen molar-refractivity contribution in [3.63, 3.8) is 0 Å². The molecule has 210 valence electrons. The average molecular weight is 577 g/mol. The van der Waals surface area contributed by atoms with Crippen molar-refractivity contribution in [2.45, 2.75) is 64.7 Å². The first-order valence-electron chi connectivity index (χ1n) is 13.7. The molecule has 0 amide bonds. The molecule has 3 heterocycles. The lowest BCUT2D eigenvalue weighted by atomic mass is 9.62. The molecule has 0 spiro atoms. The number of methoxy groups -OCH3 is 1. The zero-order valence-electron chi connectivity index (χ0n) is 23.9. The maximum atomic E-state index is 6.41. The van der Waals surface area contributed by atoms with E-state index in [1.54, 1.807) is 18.4 Å². The predicted octanol–water partition coefficient (Wildman–Crippen LogP) is 7.95. The van der Waals surface area contributed by atoms with Crippen LogP contribution < -0.4 is 25.3 Å². The summed E-state index contributed by atoms with van der Waals surface area (Å²) in [6.07, 6.45) is 3.35. The van der Waals surface area contributed by atoms with Crippen molar-refractivity contribution in [3.8, 4) is 38.4 Å². The second-order valence-corrected chi connectivity index (χ2v) is 13.6. The largest absolute Gasteiger partial charge is 0.493 e. The second kappa shape index (κ2) is 9.96. The molecule has 2 aromatic heterocycles. The summed E-state index contributed by atoms with van der Waals surface area (Å²) in [6.45, 7) is 12.7. The van der Waals surface area contributed by atoms with E-state index in [9.17, 15) is 0 Å². The van der Waals surface area contributed by atoms with E-state index in [2.05, 4.69) is 62.4 Å². The van der Waals surface area contributed by atoms with Gasteiger partial charge in [-0.1, -0.05) is 52.0 Å². The molecule has 3 N–H and O–H groups in total. The molecule has 2 aromatic carbocycles. The number of nitrogens with two attached hydrogens (primary N) is 1. The Balaban J connectivity index is 1.32. The molecule has 0 radical (unpaired) electrons. The zero-order chi connectivity index (χ0) is 28.2. The highest BCUT2D eigenvalue weighted by atomic mass is 32.1. The maximum Gasteiger partial charge on any atom is 0.203 e. The number of anilines is 3. The molecule has 0 saturated heterocycles. The molecule has 0 unspecified atom stereocenters. The van der Waals surface area contributed by atoms with Gasteiger partial charge in [0, 0.05) is 28.8 Å². The number of rotatable bonds is 6. The Labute approximate surface area is 243 Å². The predicted molar refractivity (Wildman–Crippen MR) is 165 cm³/mol. The first kappa shape index (κ1) is 26.9. The van der Waals surface area contributed by atoms with Crippen molar-refractivity contribution in [3.05, 3.63) is 46.3 Å². The highest BCUT2D eigenvalue weighted by Gasteiger charge is 2.37. The number of nitrogens with one attached hydrogen (secondary N) is 1. The summed E-state index contributed by atoms with van der Waals surface area (Å²) >= 11 is 3.09. The van der Waals surface area contributed by atoms with Gasteiger partial charge < -0.3 is 25.3 Å². The topological polar surface area (TPSA) is 91.5 Å². The SMILES string of the molecule is CCc1cc2c(cc1-c1csc(-c3sc(Nc4cc(OC)c5c(c4)OCCO5)nc3N)n1)C(C)(C)CCC2(C)C. The molecule has 6 rings (SSSR count). The molecule has 1 aliphatic heterocycles. The molecule has 4 aromatic rings. The average Bonchev–Trinajstić information content (AvgIpc) is 3.56. The smallest absolute Gasteiger partial charge is 0.203 e. The lowest BCUT2D eigenvalue weighted by Gasteiger charge is -2.42. The lowest BCUT2D eigenvalue weighted by molar-refractivity contribution is 0.165. The fourth-order valence-electron chi connectivity index (χ4n) is 5.70. The van der Waals surface area contributed by atoms with Crippen LogP contribution in [0.5, 0.6) is 17.2 Å². The van der Waals surface area contributed by atoms with Crippen LogP contribution >= 0.6 is 22.7 Å². The highest BCUT2D eigenvalue weighted by Crippen LogP contribution is 2.49. The van der Waals surface area contributed by atoms with Gasteiger partial charge in [-0.15, -0.1) is 11.3 Å². The van der Waals surface area contributed by atoms with Crippen LogP contribution in [0.15, 0.2) is 29.6 Å². The molecule has 1 aliphatic carbocycles. The number of nitrogens with zero attached hydrogens (tertiary/aromatic N) is 2. The van der Waals surface area contributed by atoms with Gasteiger partial charge in [-0.2, -0.15) is 0 Å². The Hall–Kier alpha value is -3.30. The third kappa shape index (κ3) is 4.69. The quantitative estimate of drug-likeness (QED) is 0.241. The third-order valence-electron chi connectivity index (χ3n) is 8.16. The highest BCUT2D eigenvalue weighted by molar-refractivity contribution is 7.23. The van der Waals surface area contributed by atoms with Crippen molar-refractivity contribution in [1.29, 1.82) is 0 Å². The number of benzene rings is 2. The van der Waals surface area contributed by atoms with Gasteiger partial charge in [-0.05, 0) is 52.8 Å². The Morgan fingerprint density at radius 3 is 2.45 bits per heavy atom. The van der Waals surface area contributed by atoms with E-state index in [1.807, 2.05) is 12.1 Å². The van der Waals surface area contributed by atoms with E-state index in [1.165, 1.54) is 46.4 Å². The van der Waals surface area contributed by atoms with Gasteiger partial charge in [-0.3, -0.25) is 0 Å². The van der Waals surface area contributed by atoms with E-state index in [0.29, 0.717) is 41.4 Å².